The van der Waals surface area contributed by atoms with Gasteiger partial charge in [0.2, 0.25) is 17.2 Å². The normalized spacial score (nSPS) is 11.7. The van der Waals surface area contributed by atoms with Crippen molar-refractivity contribution < 1.29 is 18.0 Å². The number of anilines is 1. The maximum Gasteiger partial charge on any atom is 0.385 e. The van der Waals surface area contributed by atoms with E-state index in [0.29, 0.717) is 16.5 Å². The molecule has 2 aromatic rings. The molecule has 0 spiro atoms. The van der Waals surface area contributed by atoms with Crippen LogP contribution in [0.1, 0.15) is 13.8 Å². The molecule has 0 aliphatic rings. The van der Waals surface area contributed by atoms with Gasteiger partial charge in [0.05, 0.1) is 23.8 Å². The first-order valence-electron chi connectivity index (χ1n) is 7.25. The summed E-state index contributed by atoms with van der Waals surface area (Å²) in [6.45, 7) is 3.96. The predicted molar refractivity (Wildman–Crippen MR) is 91.8 cm³/mol. The molecular formula is C15H20ClN2O4P. The third-order valence-corrected chi connectivity index (χ3v) is 5.30. The molecule has 0 N–H and O–H groups in total. The van der Waals surface area contributed by atoms with E-state index in [4.69, 9.17) is 25.1 Å². The number of hydrogen-bond donors (Lipinski definition) is 0. The molecule has 1 heterocycles. The minimum absolute atomic E-state index is 0.154. The third-order valence-electron chi connectivity index (χ3n) is 2.96. The number of rotatable bonds is 7. The van der Waals surface area contributed by atoms with Gasteiger partial charge in [0.1, 0.15) is 0 Å². The van der Waals surface area contributed by atoms with Gasteiger partial charge in [0.25, 0.3) is 0 Å². The Bertz CT molecular complexity index is 707. The summed E-state index contributed by atoms with van der Waals surface area (Å²) in [6.07, 6.45) is 0. The molecule has 0 fully saturated rings. The average molecular weight is 359 g/mol. The van der Waals surface area contributed by atoms with Crippen LogP contribution in [0.15, 0.2) is 28.7 Å². The van der Waals surface area contributed by atoms with Crippen LogP contribution in [0.5, 0.6) is 0 Å². The number of benzene rings is 1. The zero-order valence-electron chi connectivity index (χ0n) is 13.6. The lowest BCUT2D eigenvalue weighted by molar-refractivity contribution is 0.229. The van der Waals surface area contributed by atoms with Gasteiger partial charge in [-0.05, 0) is 26.0 Å². The van der Waals surface area contributed by atoms with E-state index >= 15 is 0 Å². The van der Waals surface area contributed by atoms with Crippen molar-refractivity contribution in [3.8, 4) is 11.5 Å². The van der Waals surface area contributed by atoms with Crippen LogP contribution in [-0.4, -0.2) is 32.3 Å². The molecule has 126 valence electrons. The SMILES string of the molecule is CCOP(=O)(OCC)c1nc(-c2ccccc2Cl)oc1N(C)C. The molecule has 0 aliphatic carbocycles. The van der Waals surface area contributed by atoms with Crippen molar-refractivity contribution in [2.75, 3.05) is 32.2 Å². The van der Waals surface area contributed by atoms with Crippen LogP contribution >= 0.6 is 19.2 Å². The van der Waals surface area contributed by atoms with E-state index in [0.717, 1.165) is 0 Å². The molecule has 0 saturated carbocycles. The van der Waals surface area contributed by atoms with Gasteiger partial charge in [0, 0.05) is 14.1 Å². The van der Waals surface area contributed by atoms with E-state index < -0.39 is 7.60 Å². The van der Waals surface area contributed by atoms with Gasteiger partial charge >= 0.3 is 7.60 Å². The molecule has 1 aromatic carbocycles. The maximum atomic E-state index is 13.0. The lowest BCUT2D eigenvalue weighted by Gasteiger charge is -2.17. The Morgan fingerprint density at radius 1 is 1.22 bits per heavy atom. The monoisotopic (exact) mass is 358 g/mol. The molecule has 0 atom stereocenters. The second-order valence-corrected chi connectivity index (χ2v) is 7.20. The van der Waals surface area contributed by atoms with Gasteiger partial charge < -0.3 is 18.4 Å². The Labute approximate surface area is 140 Å². The topological polar surface area (TPSA) is 64.8 Å². The van der Waals surface area contributed by atoms with Crippen LogP contribution in [0.2, 0.25) is 5.02 Å². The van der Waals surface area contributed by atoms with Crippen molar-refractivity contribution >= 4 is 30.5 Å². The van der Waals surface area contributed by atoms with Gasteiger partial charge in [0.15, 0.2) is 0 Å². The van der Waals surface area contributed by atoms with Gasteiger partial charge in [-0.15, -0.1) is 0 Å². The fourth-order valence-corrected chi connectivity index (χ4v) is 3.93. The first-order chi connectivity index (χ1) is 10.9. The highest BCUT2D eigenvalue weighted by Gasteiger charge is 2.36. The summed E-state index contributed by atoms with van der Waals surface area (Å²) in [7, 11) is -0.0346. The Hall–Kier alpha value is -1.33. The van der Waals surface area contributed by atoms with Crippen LogP contribution in [-0.2, 0) is 13.6 Å². The standard InChI is InChI=1S/C15H20ClN2O4P/c1-5-20-23(19,21-6-2)14-15(18(3)4)22-13(17-14)11-9-7-8-10-12(11)16/h7-10H,5-6H2,1-4H3. The highest BCUT2D eigenvalue weighted by Crippen LogP contribution is 2.49. The number of nitrogens with zero attached hydrogens (tertiary/aromatic N) is 2. The van der Waals surface area contributed by atoms with E-state index in [2.05, 4.69) is 4.98 Å². The first kappa shape index (κ1) is 18.0. The molecule has 0 radical (unpaired) electrons. The Morgan fingerprint density at radius 2 is 1.83 bits per heavy atom. The minimum Gasteiger partial charge on any atom is -0.419 e. The van der Waals surface area contributed by atoms with Crippen LogP contribution in [0.4, 0.5) is 5.88 Å². The van der Waals surface area contributed by atoms with Crippen molar-refractivity contribution in [1.29, 1.82) is 0 Å². The summed E-state index contributed by atoms with van der Waals surface area (Å²) >= 11 is 6.19. The highest BCUT2D eigenvalue weighted by molar-refractivity contribution is 7.62. The summed E-state index contributed by atoms with van der Waals surface area (Å²) in [5, 5.41) is 0.494. The summed E-state index contributed by atoms with van der Waals surface area (Å²) in [5.74, 6) is 0.596. The van der Waals surface area contributed by atoms with Gasteiger partial charge in [-0.2, -0.15) is 4.98 Å². The van der Waals surface area contributed by atoms with Gasteiger partial charge in [-0.25, -0.2) is 0 Å². The van der Waals surface area contributed by atoms with Crippen LogP contribution in [0.25, 0.3) is 11.5 Å². The van der Waals surface area contributed by atoms with E-state index in [-0.39, 0.29) is 24.5 Å². The average Bonchev–Trinajstić information content (AvgIpc) is 2.94. The van der Waals surface area contributed by atoms with Crippen molar-refractivity contribution in [1.82, 2.24) is 4.98 Å². The second kappa shape index (κ2) is 7.49. The van der Waals surface area contributed by atoms with E-state index in [1.165, 1.54) is 0 Å². The second-order valence-electron chi connectivity index (χ2n) is 4.86. The largest absolute Gasteiger partial charge is 0.419 e. The lowest BCUT2D eigenvalue weighted by Crippen LogP contribution is -2.20. The summed E-state index contributed by atoms with van der Waals surface area (Å²) in [4.78, 5) is 6.04. The van der Waals surface area contributed by atoms with Crippen molar-refractivity contribution in [2.45, 2.75) is 13.8 Å². The zero-order valence-corrected chi connectivity index (χ0v) is 15.2. The summed E-state index contributed by atoms with van der Waals surface area (Å²) in [5.41, 5.74) is 0.768. The first-order valence-corrected chi connectivity index (χ1v) is 9.17. The summed E-state index contributed by atoms with van der Waals surface area (Å²) < 4.78 is 29.6. The fraction of sp³-hybridized carbons (Fsp3) is 0.400. The van der Waals surface area contributed by atoms with E-state index in [1.54, 1.807) is 45.0 Å². The van der Waals surface area contributed by atoms with Gasteiger partial charge in [-0.3, -0.25) is 4.57 Å². The van der Waals surface area contributed by atoms with Crippen molar-refractivity contribution in [3.63, 3.8) is 0 Å². The number of oxazole rings is 1. The molecule has 0 bridgehead atoms. The Morgan fingerprint density at radius 3 is 2.35 bits per heavy atom. The molecule has 23 heavy (non-hydrogen) atoms. The fourth-order valence-electron chi connectivity index (χ4n) is 2.02. The highest BCUT2D eigenvalue weighted by atomic mass is 35.5. The molecule has 0 amide bonds. The van der Waals surface area contributed by atoms with E-state index in [9.17, 15) is 4.57 Å². The molecule has 0 aliphatic heterocycles. The molecule has 0 unspecified atom stereocenters. The smallest absolute Gasteiger partial charge is 0.385 e. The maximum absolute atomic E-state index is 13.0. The van der Waals surface area contributed by atoms with Crippen LogP contribution in [0, 0.1) is 0 Å². The van der Waals surface area contributed by atoms with E-state index in [1.807, 2.05) is 12.1 Å². The Kier molecular flexibility index (Phi) is 5.87. The number of aromatic nitrogens is 1. The zero-order chi connectivity index (χ0) is 17.0. The quantitative estimate of drug-likeness (QED) is 0.698. The van der Waals surface area contributed by atoms with Crippen LogP contribution in [0.3, 0.4) is 0 Å². The molecule has 6 nitrogen and oxygen atoms in total. The lowest BCUT2D eigenvalue weighted by atomic mass is 10.2. The summed E-state index contributed by atoms with van der Waals surface area (Å²) in [6, 6.07) is 7.16. The predicted octanol–water partition coefficient (Wildman–Crippen LogP) is 3.95. The van der Waals surface area contributed by atoms with Crippen LogP contribution < -0.4 is 10.3 Å². The van der Waals surface area contributed by atoms with Crippen molar-refractivity contribution in [2.24, 2.45) is 0 Å². The van der Waals surface area contributed by atoms with Gasteiger partial charge in [-0.1, -0.05) is 23.7 Å². The minimum atomic E-state index is -3.57. The molecular weight excluding hydrogens is 339 g/mol. The molecule has 2 rings (SSSR count). The number of hydrogen-bond acceptors (Lipinski definition) is 6. The molecule has 0 saturated heterocycles. The number of halogens is 1. The van der Waals surface area contributed by atoms with Crippen molar-refractivity contribution in [3.05, 3.63) is 29.3 Å². The Balaban J connectivity index is 2.60. The third kappa shape index (κ3) is 3.78. The molecule has 8 heteroatoms. The molecule has 1 aromatic heterocycles.